The number of nitrogens with one attached hydrogen (secondary N) is 1. The molecule has 0 aromatic carbocycles. The summed E-state index contributed by atoms with van der Waals surface area (Å²) in [6.07, 6.45) is 2.62. The van der Waals surface area contributed by atoms with Crippen LogP contribution in [0.3, 0.4) is 0 Å². The van der Waals surface area contributed by atoms with Crippen LogP contribution in [0.4, 0.5) is 0 Å². The Morgan fingerprint density at radius 2 is 1.93 bits per heavy atom. The highest BCUT2D eigenvalue weighted by atomic mass is 16.1. The summed E-state index contributed by atoms with van der Waals surface area (Å²) in [5, 5.41) is 2.89. The van der Waals surface area contributed by atoms with Crippen molar-refractivity contribution in [3.63, 3.8) is 0 Å². The normalized spacial score (nSPS) is 18.3. The third-order valence-corrected chi connectivity index (χ3v) is 2.18. The largest absolute Gasteiger partial charge is 0.353 e. The maximum Gasteiger partial charge on any atom is 0.217 e. The molecule has 0 aliphatic carbocycles. The van der Waals surface area contributed by atoms with Gasteiger partial charge in [-0.2, -0.15) is 0 Å². The Kier molecular flexibility index (Phi) is 7.48. The highest BCUT2D eigenvalue weighted by molar-refractivity contribution is 5.73. The molecular formula is C11H26N2O. The van der Waals surface area contributed by atoms with E-state index >= 15 is 0 Å². The Hall–Kier alpha value is -0.570. The molecule has 0 bridgehead atoms. The molecule has 1 amide bonds. The SMILES string of the molecule is CC.CC(=O)NC(C)CN1CCCC1.[HH]. The number of carbonyl (C=O) groups excluding carboxylic acids is 1. The molecule has 0 saturated carbocycles. The molecule has 0 aromatic heterocycles. The lowest BCUT2D eigenvalue weighted by Gasteiger charge is -2.20. The zero-order chi connectivity index (χ0) is 11.0. The average molecular weight is 202 g/mol. The lowest BCUT2D eigenvalue weighted by atomic mass is 10.3. The van der Waals surface area contributed by atoms with Crippen LogP contribution in [0.1, 0.15) is 42.0 Å². The lowest BCUT2D eigenvalue weighted by Crippen LogP contribution is -2.40. The van der Waals surface area contributed by atoms with Crippen LogP contribution in [0.15, 0.2) is 0 Å². The zero-order valence-electron chi connectivity index (χ0n) is 9.97. The highest BCUT2D eigenvalue weighted by Crippen LogP contribution is 2.07. The van der Waals surface area contributed by atoms with Gasteiger partial charge in [-0.15, -0.1) is 0 Å². The Labute approximate surface area is 89.3 Å². The van der Waals surface area contributed by atoms with Crippen LogP contribution in [0.2, 0.25) is 0 Å². The maximum atomic E-state index is 10.7. The van der Waals surface area contributed by atoms with Crippen molar-refractivity contribution in [1.82, 2.24) is 10.2 Å². The summed E-state index contributed by atoms with van der Waals surface area (Å²) in [4.78, 5) is 13.1. The number of carbonyl (C=O) groups is 1. The van der Waals surface area contributed by atoms with E-state index in [4.69, 9.17) is 0 Å². The van der Waals surface area contributed by atoms with E-state index in [0.717, 1.165) is 6.54 Å². The van der Waals surface area contributed by atoms with Gasteiger partial charge in [-0.1, -0.05) is 13.8 Å². The van der Waals surface area contributed by atoms with Crippen LogP contribution < -0.4 is 5.32 Å². The first-order valence-corrected chi connectivity index (χ1v) is 5.68. The molecule has 86 valence electrons. The van der Waals surface area contributed by atoms with Gasteiger partial charge in [0.05, 0.1) is 0 Å². The van der Waals surface area contributed by atoms with Gasteiger partial charge in [-0.05, 0) is 32.9 Å². The first-order chi connectivity index (χ1) is 6.68. The Bertz CT molecular complexity index is 159. The van der Waals surface area contributed by atoms with Crippen molar-refractivity contribution >= 4 is 5.91 Å². The summed E-state index contributed by atoms with van der Waals surface area (Å²) in [7, 11) is 0. The predicted octanol–water partition coefficient (Wildman–Crippen LogP) is 1.88. The fourth-order valence-electron chi connectivity index (χ4n) is 1.75. The minimum Gasteiger partial charge on any atom is -0.353 e. The van der Waals surface area contributed by atoms with Gasteiger partial charge >= 0.3 is 0 Å². The zero-order valence-corrected chi connectivity index (χ0v) is 9.97. The van der Waals surface area contributed by atoms with E-state index in [1.165, 1.54) is 25.9 Å². The van der Waals surface area contributed by atoms with E-state index < -0.39 is 0 Å². The molecule has 0 spiro atoms. The Balaban J connectivity index is 0. The predicted molar refractivity (Wildman–Crippen MR) is 62.4 cm³/mol. The molecule has 0 aromatic rings. The van der Waals surface area contributed by atoms with Crippen LogP contribution in [-0.2, 0) is 4.79 Å². The molecule has 1 heterocycles. The van der Waals surface area contributed by atoms with E-state index in [2.05, 4.69) is 17.1 Å². The van der Waals surface area contributed by atoms with Gasteiger partial charge in [0.1, 0.15) is 0 Å². The molecule has 1 saturated heterocycles. The fraction of sp³-hybridized carbons (Fsp3) is 0.909. The van der Waals surface area contributed by atoms with Crippen molar-refractivity contribution in [2.45, 2.75) is 46.6 Å². The molecule has 1 N–H and O–H groups in total. The molecule has 1 rings (SSSR count). The van der Waals surface area contributed by atoms with Crippen molar-refractivity contribution in [3.8, 4) is 0 Å². The Morgan fingerprint density at radius 1 is 1.43 bits per heavy atom. The summed E-state index contributed by atoms with van der Waals surface area (Å²) in [6.45, 7) is 11.0. The van der Waals surface area contributed by atoms with Gasteiger partial charge < -0.3 is 10.2 Å². The minimum absolute atomic E-state index is 0. The van der Waals surface area contributed by atoms with E-state index in [1.807, 2.05) is 13.8 Å². The smallest absolute Gasteiger partial charge is 0.217 e. The monoisotopic (exact) mass is 202 g/mol. The molecule has 1 aliphatic rings. The molecular weight excluding hydrogens is 176 g/mol. The van der Waals surface area contributed by atoms with Gasteiger partial charge in [-0.25, -0.2) is 0 Å². The van der Waals surface area contributed by atoms with E-state index in [9.17, 15) is 4.79 Å². The van der Waals surface area contributed by atoms with E-state index in [-0.39, 0.29) is 7.33 Å². The summed E-state index contributed by atoms with van der Waals surface area (Å²) in [5.41, 5.74) is 0. The standard InChI is InChI=1S/C9H18N2O.C2H6.H2/c1-8(10-9(2)12)7-11-5-3-4-6-11;1-2;/h8H,3-7H2,1-2H3,(H,10,12);1-2H3;1H. The quantitative estimate of drug-likeness (QED) is 0.758. The fourth-order valence-corrected chi connectivity index (χ4v) is 1.75. The first kappa shape index (κ1) is 13.4. The summed E-state index contributed by atoms with van der Waals surface area (Å²) in [6, 6.07) is 0.292. The van der Waals surface area contributed by atoms with Crippen molar-refractivity contribution in [2.24, 2.45) is 0 Å². The molecule has 1 fully saturated rings. The number of rotatable bonds is 3. The second kappa shape index (κ2) is 7.80. The topological polar surface area (TPSA) is 32.3 Å². The van der Waals surface area contributed by atoms with Crippen molar-refractivity contribution in [1.29, 1.82) is 0 Å². The molecule has 1 aliphatic heterocycles. The van der Waals surface area contributed by atoms with Crippen molar-refractivity contribution in [2.75, 3.05) is 19.6 Å². The average Bonchev–Trinajstić information content (AvgIpc) is 2.59. The molecule has 3 nitrogen and oxygen atoms in total. The van der Waals surface area contributed by atoms with Crippen molar-refractivity contribution in [3.05, 3.63) is 0 Å². The van der Waals surface area contributed by atoms with Gasteiger partial charge in [-0.3, -0.25) is 4.79 Å². The highest BCUT2D eigenvalue weighted by Gasteiger charge is 2.14. The third-order valence-electron chi connectivity index (χ3n) is 2.18. The number of hydrogen-bond donors (Lipinski definition) is 1. The Morgan fingerprint density at radius 3 is 2.36 bits per heavy atom. The molecule has 1 unspecified atom stereocenters. The third kappa shape index (κ3) is 5.97. The summed E-state index contributed by atoms with van der Waals surface area (Å²) >= 11 is 0. The second-order valence-corrected chi connectivity index (χ2v) is 3.61. The molecule has 14 heavy (non-hydrogen) atoms. The van der Waals surface area contributed by atoms with Crippen LogP contribution >= 0.6 is 0 Å². The van der Waals surface area contributed by atoms with E-state index in [0.29, 0.717) is 6.04 Å². The number of amides is 1. The molecule has 0 radical (unpaired) electrons. The van der Waals surface area contributed by atoms with Crippen LogP contribution in [0.25, 0.3) is 0 Å². The second-order valence-electron chi connectivity index (χ2n) is 3.61. The first-order valence-electron chi connectivity index (χ1n) is 5.68. The van der Waals surface area contributed by atoms with Crippen molar-refractivity contribution < 1.29 is 6.22 Å². The number of nitrogens with zero attached hydrogens (tertiary/aromatic N) is 1. The van der Waals surface area contributed by atoms with Gasteiger partial charge in [0.15, 0.2) is 0 Å². The van der Waals surface area contributed by atoms with Crippen LogP contribution in [0.5, 0.6) is 0 Å². The maximum absolute atomic E-state index is 10.7. The summed E-state index contributed by atoms with van der Waals surface area (Å²) in [5.74, 6) is 0.0710. The van der Waals surface area contributed by atoms with E-state index in [1.54, 1.807) is 6.92 Å². The lowest BCUT2D eigenvalue weighted by molar-refractivity contribution is -0.119. The van der Waals surface area contributed by atoms with Crippen LogP contribution in [-0.4, -0.2) is 36.5 Å². The molecule has 3 heteroatoms. The minimum atomic E-state index is 0. The van der Waals surface area contributed by atoms with Crippen LogP contribution in [0, 0.1) is 0 Å². The van der Waals surface area contributed by atoms with Gasteiger partial charge in [0.25, 0.3) is 0 Å². The molecule has 1 atom stereocenters. The number of likely N-dealkylation sites (tertiary alicyclic amines) is 1. The van der Waals surface area contributed by atoms with Gasteiger partial charge in [0.2, 0.25) is 5.91 Å². The van der Waals surface area contributed by atoms with Gasteiger partial charge in [0, 0.05) is 20.9 Å². The summed E-state index contributed by atoms with van der Waals surface area (Å²) < 4.78 is 0. The number of hydrogen-bond acceptors (Lipinski definition) is 2.